The van der Waals surface area contributed by atoms with Gasteiger partial charge in [-0.3, -0.25) is 9.78 Å². The smallest absolute Gasteiger partial charge is 0.454 e. The molecule has 1 N–H and O–H groups in total. The van der Waals surface area contributed by atoms with Crippen molar-refractivity contribution in [1.29, 1.82) is 0 Å². The van der Waals surface area contributed by atoms with Crippen LogP contribution in [-0.4, -0.2) is 22.1 Å². The van der Waals surface area contributed by atoms with E-state index in [9.17, 15) is 36.2 Å². The van der Waals surface area contributed by atoms with Crippen LogP contribution in [0.5, 0.6) is 0 Å². The van der Waals surface area contributed by atoms with Crippen LogP contribution in [0.2, 0.25) is 0 Å². The first-order valence-electron chi connectivity index (χ1n) is 4.58. The van der Waals surface area contributed by atoms with Crippen LogP contribution >= 0.6 is 0 Å². The molecule has 9 heteroatoms. The highest BCUT2D eigenvalue weighted by molar-refractivity contribution is 5.99. The van der Waals surface area contributed by atoms with E-state index in [4.69, 9.17) is 0 Å². The Bertz CT molecular complexity index is 517. The van der Waals surface area contributed by atoms with Crippen molar-refractivity contribution in [2.75, 3.05) is 0 Å². The number of aromatic nitrogens is 1. The SMILES string of the molecule is O=C(/C=C(\O)c1cccnc1C(F)(F)F)C(F)(F)F. The standard InChI is InChI=1S/C10H5F6NO2/c11-9(12,13)7(19)4-6(18)5-2-1-3-17-8(5)10(14,15)16/h1-4,18H/b6-4-. The van der Waals surface area contributed by atoms with Gasteiger partial charge in [-0.25, -0.2) is 0 Å². The molecule has 0 saturated carbocycles. The minimum Gasteiger partial charge on any atom is -0.507 e. The van der Waals surface area contributed by atoms with Crippen molar-refractivity contribution in [3.63, 3.8) is 0 Å². The number of ketones is 1. The maximum Gasteiger partial charge on any atom is 0.454 e. The molecule has 0 amide bonds. The number of halogens is 6. The Kier molecular flexibility index (Phi) is 3.87. The molecule has 0 aromatic carbocycles. The highest BCUT2D eigenvalue weighted by Crippen LogP contribution is 2.32. The highest BCUT2D eigenvalue weighted by atomic mass is 19.4. The summed E-state index contributed by atoms with van der Waals surface area (Å²) in [5, 5.41) is 9.20. The van der Waals surface area contributed by atoms with Crippen LogP contribution in [0.4, 0.5) is 26.3 Å². The first-order valence-corrected chi connectivity index (χ1v) is 4.58. The Balaban J connectivity index is 3.25. The molecule has 0 atom stereocenters. The van der Waals surface area contributed by atoms with E-state index >= 15 is 0 Å². The average molecular weight is 285 g/mol. The highest BCUT2D eigenvalue weighted by Gasteiger charge is 2.39. The predicted molar refractivity (Wildman–Crippen MR) is 50.9 cm³/mol. The quantitative estimate of drug-likeness (QED) is 0.516. The molecule has 1 aromatic heterocycles. The zero-order chi connectivity index (χ0) is 14.8. The van der Waals surface area contributed by atoms with Crippen LogP contribution in [0.3, 0.4) is 0 Å². The molecule has 1 rings (SSSR count). The van der Waals surface area contributed by atoms with Gasteiger partial charge >= 0.3 is 12.4 Å². The fourth-order valence-corrected chi connectivity index (χ4v) is 1.12. The number of rotatable bonds is 2. The van der Waals surface area contributed by atoms with E-state index in [1.807, 2.05) is 0 Å². The van der Waals surface area contributed by atoms with Gasteiger partial charge in [-0.2, -0.15) is 26.3 Å². The van der Waals surface area contributed by atoms with Crippen LogP contribution in [0.1, 0.15) is 11.3 Å². The predicted octanol–water partition coefficient (Wildman–Crippen LogP) is 3.13. The molecule has 0 spiro atoms. The summed E-state index contributed by atoms with van der Waals surface area (Å²) in [6.45, 7) is 0. The number of aliphatic hydroxyl groups is 1. The molecule has 0 aliphatic carbocycles. The number of pyridine rings is 1. The molecular formula is C10H5F6NO2. The Morgan fingerprint density at radius 2 is 1.79 bits per heavy atom. The van der Waals surface area contributed by atoms with Crippen molar-refractivity contribution in [2.45, 2.75) is 12.4 Å². The number of nitrogens with zero attached hydrogens (tertiary/aromatic N) is 1. The van der Waals surface area contributed by atoms with Crippen molar-refractivity contribution in [3.05, 3.63) is 35.7 Å². The van der Waals surface area contributed by atoms with Crippen LogP contribution in [0, 0.1) is 0 Å². The summed E-state index contributed by atoms with van der Waals surface area (Å²) < 4.78 is 73.2. The molecule has 19 heavy (non-hydrogen) atoms. The second kappa shape index (κ2) is 4.90. The first-order chi connectivity index (χ1) is 8.53. The van der Waals surface area contributed by atoms with E-state index < -0.39 is 35.2 Å². The average Bonchev–Trinajstić information content (AvgIpc) is 2.26. The maximum absolute atomic E-state index is 12.5. The maximum atomic E-state index is 12.5. The van der Waals surface area contributed by atoms with Crippen molar-refractivity contribution in [2.24, 2.45) is 0 Å². The van der Waals surface area contributed by atoms with E-state index in [0.29, 0.717) is 6.07 Å². The van der Waals surface area contributed by atoms with Crippen molar-refractivity contribution >= 4 is 11.5 Å². The van der Waals surface area contributed by atoms with Gasteiger partial charge in [-0.05, 0) is 12.1 Å². The molecule has 0 fully saturated rings. The van der Waals surface area contributed by atoms with Crippen LogP contribution in [0.15, 0.2) is 24.4 Å². The summed E-state index contributed by atoms with van der Waals surface area (Å²) in [5.74, 6) is -3.93. The third-order valence-corrected chi connectivity index (χ3v) is 1.90. The molecule has 3 nitrogen and oxygen atoms in total. The number of hydrogen-bond donors (Lipinski definition) is 1. The zero-order valence-corrected chi connectivity index (χ0v) is 8.88. The van der Waals surface area contributed by atoms with E-state index in [2.05, 4.69) is 4.98 Å². The third kappa shape index (κ3) is 3.70. The molecule has 0 radical (unpaired) electrons. The summed E-state index contributed by atoms with van der Waals surface area (Å²) >= 11 is 0. The lowest BCUT2D eigenvalue weighted by Crippen LogP contribution is -2.21. The second-order valence-corrected chi connectivity index (χ2v) is 3.29. The lowest BCUT2D eigenvalue weighted by Gasteiger charge is -2.10. The Morgan fingerprint density at radius 3 is 2.26 bits per heavy atom. The summed E-state index contributed by atoms with van der Waals surface area (Å²) in [4.78, 5) is 13.5. The molecule has 104 valence electrons. The van der Waals surface area contributed by atoms with E-state index in [1.54, 1.807) is 0 Å². The monoisotopic (exact) mass is 285 g/mol. The third-order valence-electron chi connectivity index (χ3n) is 1.90. The van der Waals surface area contributed by atoms with Crippen molar-refractivity contribution in [3.8, 4) is 0 Å². The molecule has 0 bridgehead atoms. The van der Waals surface area contributed by atoms with Gasteiger partial charge < -0.3 is 5.11 Å². The van der Waals surface area contributed by atoms with Gasteiger partial charge in [0.05, 0.1) is 0 Å². The van der Waals surface area contributed by atoms with Gasteiger partial charge in [0.2, 0.25) is 0 Å². The van der Waals surface area contributed by atoms with E-state index in [1.165, 1.54) is 0 Å². The summed E-state index contributed by atoms with van der Waals surface area (Å²) in [6.07, 6.45) is -9.83. The lowest BCUT2D eigenvalue weighted by atomic mass is 10.1. The second-order valence-electron chi connectivity index (χ2n) is 3.29. The Labute approximate surface area is 102 Å². The molecule has 0 aliphatic rings. The number of hydrogen-bond acceptors (Lipinski definition) is 3. The molecule has 0 unspecified atom stereocenters. The number of alkyl halides is 6. The topological polar surface area (TPSA) is 50.2 Å². The van der Waals surface area contributed by atoms with Gasteiger partial charge in [0, 0.05) is 17.8 Å². The van der Waals surface area contributed by atoms with E-state index in [0.717, 1.165) is 12.3 Å². The van der Waals surface area contributed by atoms with Crippen LogP contribution in [-0.2, 0) is 11.0 Å². The number of carbonyl (C=O) groups is 1. The zero-order valence-electron chi connectivity index (χ0n) is 8.88. The summed E-state index contributed by atoms with van der Waals surface area (Å²) in [5.41, 5.74) is -2.59. The summed E-state index contributed by atoms with van der Waals surface area (Å²) in [6, 6.07) is 1.68. The molecular weight excluding hydrogens is 280 g/mol. The van der Waals surface area contributed by atoms with Crippen molar-refractivity contribution < 1.29 is 36.2 Å². The van der Waals surface area contributed by atoms with Gasteiger partial charge in [0.1, 0.15) is 5.76 Å². The number of aliphatic hydroxyl groups excluding tert-OH is 1. The fourth-order valence-electron chi connectivity index (χ4n) is 1.12. The van der Waals surface area contributed by atoms with Gasteiger partial charge in [-0.15, -0.1) is 0 Å². The molecule has 1 heterocycles. The van der Waals surface area contributed by atoms with Crippen LogP contribution in [0.25, 0.3) is 5.76 Å². The van der Waals surface area contributed by atoms with Gasteiger partial charge in [-0.1, -0.05) is 0 Å². The molecule has 0 aliphatic heterocycles. The number of allylic oxidation sites excluding steroid dienone is 1. The van der Waals surface area contributed by atoms with Crippen molar-refractivity contribution in [1.82, 2.24) is 4.98 Å². The summed E-state index contributed by atoms with van der Waals surface area (Å²) in [7, 11) is 0. The fraction of sp³-hybridized carbons (Fsp3) is 0.200. The molecule has 1 aromatic rings. The van der Waals surface area contributed by atoms with Gasteiger partial charge in [0.15, 0.2) is 5.69 Å². The van der Waals surface area contributed by atoms with E-state index in [-0.39, 0.29) is 6.08 Å². The van der Waals surface area contributed by atoms with Gasteiger partial charge in [0.25, 0.3) is 5.78 Å². The largest absolute Gasteiger partial charge is 0.507 e. The Hall–Kier alpha value is -2.06. The minimum absolute atomic E-state index is 0.327. The molecule has 0 saturated heterocycles. The Morgan fingerprint density at radius 1 is 1.21 bits per heavy atom. The first kappa shape index (κ1) is 15.0. The normalized spacial score (nSPS) is 13.5. The minimum atomic E-state index is -5.28. The number of carbonyl (C=O) groups excluding carboxylic acids is 1. The van der Waals surface area contributed by atoms with Crippen LogP contribution < -0.4 is 0 Å². The lowest BCUT2D eigenvalue weighted by molar-refractivity contribution is -0.165.